The van der Waals surface area contributed by atoms with Gasteiger partial charge < -0.3 is 15.2 Å². The molecule has 1 aromatic rings. The number of aromatic nitrogens is 1. The van der Waals surface area contributed by atoms with Gasteiger partial charge in [-0.25, -0.2) is 14.6 Å². The van der Waals surface area contributed by atoms with Crippen molar-refractivity contribution in [2.75, 3.05) is 12.4 Å². The minimum absolute atomic E-state index is 0.0896. The molecular weight excluding hydrogens is 256 g/mol. The maximum Gasteiger partial charge on any atom is 0.357 e. The standard InChI is InChI=1S/C11H16N2O4S/c1-5(2)7(9(14)15)12-11-13-8(6(3)18-11)10(16)17-4/h5,7H,1-4H3,(H,12,13)(H,14,15)/t7-/m1/s1. The first-order chi connectivity index (χ1) is 8.36. The number of esters is 1. The molecule has 1 atom stereocenters. The third-order valence-electron chi connectivity index (χ3n) is 2.39. The zero-order valence-corrected chi connectivity index (χ0v) is 11.5. The largest absolute Gasteiger partial charge is 0.480 e. The molecule has 0 spiro atoms. The monoisotopic (exact) mass is 272 g/mol. The number of anilines is 1. The first kappa shape index (κ1) is 14.4. The average molecular weight is 272 g/mol. The van der Waals surface area contributed by atoms with Crippen molar-refractivity contribution >= 4 is 28.4 Å². The highest BCUT2D eigenvalue weighted by atomic mass is 32.1. The fourth-order valence-electron chi connectivity index (χ4n) is 1.39. The minimum atomic E-state index is -0.947. The molecule has 0 aliphatic rings. The van der Waals surface area contributed by atoms with E-state index in [1.54, 1.807) is 20.8 Å². The third-order valence-corrected chi connectivity index (χ3v) is 3.29. The molecular formula is C11H16N2O4S. The molecule has 1 aromatic heterocycles. The van der Waals surface area contributed by atoms with E-state index in [1.165, 1.54) is 18.4 Å². The number of carbonyl (C=O) groups excluding carboxylic acids is 1. The summed E-state index contributed by atoms with van der Waals surface area (Å²) in [5.74, 6) is -1.56. The van der Waals surface area contributed by atoms with Gasteiger partial charge in [-0.1, -0.05) is 13.8 Å². The van der Waals surface area contributed by atoms with Gasteiger partial charge in [0.05, 0.1) is 7.11 Å². The van der Waals surface area contributed by atoms with Crippen molar-refractivity contribution in [3.63, 3.8) is 0 Å². The highest BCUT2D eigenvalue weighted by molar-refractivity contribution is 7.15. The molecule has 0 saturated carbocycles. The zero-order valence-electron chi connectivity index (χ0n) is 10.7. The Morgan fingerprint density at radius 2 is 2.06 bits per heavy atom. The van der Waals surface area contributed by atoms with Crippen LogP contribution in [0.5, 0.6) is 0 Å². The molecule has 18 heavy (non-hydrogen) atoms. The molecule has 6 nitrogen and oxygen atoms in total. The lowest BCUT2D eigenvalue weighted by Crippen LogP contribution is -2.34. The van der Waals surface area contributed by atoms with Crippen molar-refractivity contribution in [3.05, 3.63) is 10.6 Å². The first-order valence-electron chi connectivity index (χ1n) is 5.42. The highest BCUT2D eigenvalue weighted by Gasteiger charge is 2.24. The van der Waals surface area contributed by atoms with E-state index in [1.807, 2.05) is 0 Å². The zero-order chi connectivity index (χ0) is 13.9. The second-order valence-electron chi connectivity index (χ2n) is 4.12. The van der Waals surface area contributed by atoms with Crippen LogP contribution >= 0.6 is 11.3 Å². The normalized spacial score (nSPS) is 12.3. The Bertz CT molecular complexity index is 456. The van der Waals surface area contributed by atoms with Gasteiger partial charge in [0, 0.05) is 4.88 Å². The van der Waals surface area contributed by atoms with E-state index < -0.39 is 18.0 Å². The van der Waals surface area contributed by atoms with Crippen molar-refractivity contribution in [3.8, 4) is 0 Å². The Balaban J connectivity index is 2.92. The fourth-order valence-corrected chi connectivity index (χ4v) is 2.23. The van der Waals surface area contributed by atoms with Crippen LogP contribution in [0.15, 0.2) is 0 Å². The van der Waals surface area contributed by atoms with Gasteiger partial charge in [-0.15, -0.1) is 11.3 Å². The molecule has 0 saturated heterocycles. The van der Waals surface area contributed by atoms with Crippen LogP contribution in [0.3, 0.4) is 0 Å². The van der Waals surface area contributed by atoms with E-state index in [9.17, 15) is 9.59 Å². The molecule has 2 N–H and O–H groups in total. The topological polar surface area (TPSA) is 88.5 Å². The van der Waals surface area contributed by atoms with Gasteiger partial charge in [0.15, 0.2) is 10.8 Å². The van der Waals surface area contributed by atoms with Crippen LogP contribution in [0.25, 0.3) is 0 Å². The van der Waals surface area contributed by atoms with Crippen molar-refractivity contribution < 1.29 is 19.4 Å². The molecule has 0 bridgehead atoms. The van der Waals surface area contributed by atoms with E-state index >= 15 is 0 Å². The summed E-state index contributed by atoms with van der Waals surface area (Å²) in [7, 11) is 1.28. The average Bonchev–Trinajstić information content (AvgIpc) is 2.65. The molecule has 7 heteroatoms. The predicted molar refractivity (Wildman–Crippen MR) is 68.1 cm³/mol. The number of thiazole rings is 1. The summed E-state index contributed by atoms with van der Waals surface area (Å²) in [5.41, 5.74) is 0.220. The predicted octanol–water partition coefficient (Wildman–Crippen LogP) is 1.76. The summed E-state index contributed by atoms with van der Waals surface area (Å²) in [6, 6.07) is -0.735. The number of nitrogens with one attached hydrogen (secondary N) is 1. The van der Waals surface area contributed by atoms with Crippen LogP contribution in [0.4, 0.5) is 5.13 Å². The lowest BCUT2D eigenvalue weighted by atomic mass is 10.1. The Morgan fingerprint density at radius 1 is 1.44 bits per heavy atom. The number of aliphatic carboxylic acids is 1. The smallest absolute Gasteiger partial charge is 0.357 e. The number of carbonyl (C=O) groups is 2. The first-order valence-corrected chi connectivity index (χ1v) is 6.23. The second kappa shape index (κ2) is 5.81. The number of carboxylic acids is 1. The number of carboxylic acid groups (broad SMARTS) is 1. The maximum absolute atomic E-state index is 11.4. The fraction of sp³-hybridized carbons (Fsp3) is 0.545. The Kier molecular flexibility index (Phi) is 4.66. The molecule has 0 aliphatic heterocycles. The number of hydrogen-bond donors (Lipinski definition) is 2. The maximum atomic E-state index is 11.4. The molecule has 0 amide bonds. The van der Waals surface area contributed by atoms with Gasteiger partial charge in [-0.2, -0.15) is 0 Å². The van der Waals surface area contributed by atoms with Gasteiger partial charge in [-0.05, 0) is 12.8 Å². The number of aryl methyl sites for hydroxylation is 1. The summed E-state index contributed by atoms with van der Waals surface area (Å²) >= 11 is 1.23. The van der Waals surface area contributed by atoms with Crippen molar-refractivity contribution in [2.45, 2.75) is 26.8 Å². The molecule has 1 heterocycles. The van der Waals surface area contributed by atoms with E-state index in [-0.39, 0.29) is 11.6 Å². The molecule has 0 aliphatic carbocycles. The van der Waals surface area contributed by atoms with Crippen molar-refractivity contribution in [1.82, 2.24) is 4.98 Å². The number of rotatable bonds is 5. The van der Waals surface area contributed by atoms with Gasteiger partial charge in [0.1, 0.15) is 6.04 Å². The lowest BCUT2D eigenvalue weighted by Gasteiger charge is -2.16. The molecule has 1 rings (SSSR count). The summed E-state index contributed by atoms with van der Waals surface area (Å²) in [5, 5.41) is 12.3. The van der Waals surface area contributed by atoms with Crippen LogP contribution in [0, 0.1) is 12.8 Å². The van der Waals surface area contributed by atoms with Crippen LogP contribution < -0.4 is 5.32 Å². The quantitative estimate of drug-likeness (QED) is 0.794. The van der Waals surface area contributed by atoms with Crippen LogP contribution in [0.1, 0.15) is 29.2 Å². The van der Waals surface area contributed by atoms with Gasteiger partial charge in [-0.3, -0.25) is 0 Å². The Labute approximate surface area is 109 Å². The number of hydrogen-bond acceptors (Lipinski definition) is 6. The number of nitrogens with zero attached hydrogens (tertiary/aromatic N) is 1. The highest BCUT2D eigenvalue weighted by Crippen LogP contribution is 2.24. The van der Waals surface area contributed by atoms with Gasteiger partial charge >= 0.3 is 11.9 Å². The minimum Gasteiger partial charge on any atom is -0.480 e. The molecule has 0 fully saturated rings. The molecule has 0 unspecified atom stereocenters. The Hall–Kier alpha value is -1.63. The Morgan fingerprint density at radius 3 is 2.50 bits per heavy atom. The van der Waals surface area contributed by atoms with Crippen molar-refractivity contribution in [1.29, 1.82) is 0 Å². The summed E-state index contributed by atoms with van der Waals surface area (Å²) < 4.78 is 4.59. The van der Waals surface area contributed by atoms with E-state index in [0.717, 1.165) is 0 Å². The molecule has 100 valence electrons. The molecule has 0 aromatic carbocycles. The van der Waals surface area contributed by atoms with E-state index in [2.05, 4.69) is 15.0 Å². The van der Waals surface area contributed by atoms with Crippen LogP contribution in [-0.4, -0.2) is 35.2 Å². The second-order valence-corrected chi connectivity index (χ2v) is 5.32. The third kappa shape index (κ3) is 3.19. The van der Waals surface area contributed by atoms with Gasteiger partial charge in [0.25, 0.3) is 0 Å². The summed E-state index contributed by atoms with van der Waals surface area (Å²) in [4.78, 5) is 27.2. The van der Waals surface area contributed by atoms with Crippen LogP contribution in [-0.2, 0) is 9.53 Å². The summed E-state index contributed by atoms with van der Waals surface area (Å²) in [6.07, 6.45) is 0. The molecule has 0 radical (unpaired) electrons. The number of ether oxygens (including phenoxy) is 1. The van der Waals surface area contributed by atoms with Gasteiger partial charge in [0.2, 0.25) is 0 Å². The van der Waals surface area contributed by atoms with Crippen molar-refractivity contribution in [2.24, 2.45) is 5.92 Å². The van der Waals surface area contributed by atoms with E-state index in [4.69, 9.17) is 5.11 Å². The number of methoxy groups -OCH3 is 1. The summed E-state index contributed by atoms with van der Waals surface area (Å²) in [6.45, 7) is 5.33. The van der Waals surface area contributed by atoms with Crippen LogP contribution in [0.2, 0.25) is 0 Å². The van der Waals surface area contributed by atoms with E-state index in [0.29, 0.717) is 10.0 Å². The SMILES string of the molecule is COC(=O)c1nc(N[C@@H](C(=O)O)C(C)C)sc1C. The lowest BCUT2D eigenvalue weighted by molar-refractivity contribution is -0.138.